The maximum Gasteiger partial charge on any atom is 0.428 e. The molecule has 0 bridgehead atoms. The summed E-state index contributed by atoms with van der Waals surface area (Å²) < 4.78 is 15.6. The van der Waals surface area contributed by atoms with Gasteiger partial charge >= 0.3 is 12.1 Å². The van der Waals surface area contributed by atoms with Gasteiger partial charge in [0.05, 0.1) is 19.2 Å². The highest BCUT2D eigenvalue weighted by atomic mass is 16.6. The van der Waals surface area contributed by atoms with Crippen LogP contribution in [0.2, 0.25) is 0 Å². The van der Waals surface area contributed by atoms with Crippen LogP contribution < -0.4 is 14.9 Å². The third-order valence-electron chi connectivity index (χ3n) is 3.08. The number of rotatable bonds is 5. The molecule has 1 aliphatic carbocycles. The Hall–Kier alpha value is -2.57. The molecule has 0 radical (unpaired) electrons. The van der Waals surface area contributed by atoms with Crippen LogP contribution in [0.25, 0.3) is 0 Å². The summed E-state index contributed by atoms with van der Waals surface area (Å²) in [5.74, 6) is 0.562. The molecule has 1 aromatic rings. The molecule has 0 aliphatic heterocycles. The summed E-state index contributed by atoms with van der Waals surface area (Å²) in [6.45, 7) is 5.30. The maximum absolute atomic E-state index is 11.7. The molecule has 1 fully saturated rings. The van der Waals surface area contributed by atoms with Crippen LogP contribution in [0, 0.1) is 5.92 Å². The molecular formula is C17H22N2O5. The molecule has 0 spiro atoms. The monoisotopic (exact) mass is 334 g/mol. The van der Waals surface area contributed by atoms with E-state index < -0.39 is 11.7 Å². The fourth-order valence-electron chi connectivity index (χ4n) is 1.82. The molecule has 130 valence electrons. The van der Waals surface area contributed by atoms with Crippen molar-refractivity contribution < 1.29 is 23.8 Å². The second-order valence-electron chi connectivity index (χ2n) is 6.48. The van der Waals surface area contributed by atoms with Gasteiger partial charge in [-0.05, 0) is 57.4 Å². The zero-order valence-corrected chi connectivity index (χ0v) is 14.3. The van der Waals surface area contributed by atoms with Gasteiger partial charge in [-0.1, -0.05) is 0 Å². The molecule has 2 rings (SSSR count). The summed E-state index contributed by atoms with van der Waals surface area (Å²) in [7, 11) is 1.49. The lowest BCUT2D eigenvalue weighted by Gasteiger charge is -2.18. The number of methoxy groups -OCH3 is 1. The van der Waals surface area contributed by atoms with Gasteiger partial charge in [0.25, 0.3) is 0 Å². The number of hydrazone groups is 1. The van der Waals surface area contributed by atoms with Crippen molar-refractivity contribution in [3.05, 3.63) is 23.8 Å². The van der Waals surface area contributed by atoms with Crippen LogP contribution in [0.5, 0.6) is 11.5 Å². The molecular weight excluding hydrogens is 312 g/mol. The van der Waals surface area contributed by atoms with E-state index in [1.54, 1.807) is 39.0 Å². The fraction of sp³-hybridized carbons (Fsp3) is 0.471. The molecule has 0 atom stereocenters. The van der Waals surface area contributed by atoms with Crippen LogP contribution >= 0.6 is 0 Å². The molecule has 1 saturated carbocycles. The number of nitrogens with zero attached hydrogens (tertiary/aromatic N) is 1. The van der Waals surface area contributed by atoms with Gasteiger partial charge in [-0.2, -0.15) is 5.10 Å². The molecule has 1 N–H and O–H groups in total. The van der Waals surface area contributed by atoms with Gasteiger partial charge in [0.15, 0.2) is 11.5 Å². The maximum atomic E-state index is 11.7. The van der Waals surface area contributed by atoms with Crippen molar-refractivity contribution in [3.8, 4) is 11.5 Å². The Labute approximate surface area is 141 Å². The normalized spacial score (nSPS) is 14.3. The first kappa shape index (κ1) is 17.8. The lowest BCUT2D eigenvalue weighted by Crippen LogP contribution is -2.29. The highest BCUT2D eigenvalue weighted by Gasteiger charge is 2.32. The lowest BCUT2D eigenvalue weighted by atomic mass is 10.2. The van der Waals surface area contributed by atoms with Crippen molar-refractivity contribution >= 4 is 18.3 Å². The highest BCUT2D eigenvalue weighted by molar-refractivity contribution is 5.83. The number of nitrogens with one attached hydrogen (secondary N) is 1. The summed E-state index contributed by atoms with van der Waals surface area (Å²) >= 11 is 0. The van der Waals surface area contributed by atoms with Crippen molar-refractivity contribution in [1.82, 2.24) is 5.43 Å². The minimum absolute atomic E-state index is 0.00831. The molecule has 1 aliphatic rings. The van der Waals surface area contributed by atoms with Crippen molar-refractivity contribution in [1.29, 1.82) is 0 Å². The number of benzene rings is 1. The van der Waals surface area contributed by atoms with E-state index in [2.05, 4.69) is 10.5 Å². The van der Waals surface area contributed by atoms with E-state index in [0.29, 0.717) is 17.1 Å². The Morgan fingerprint density at radius 1 is 1.25 bits per heavy atom. The first-order chi connectivity index (χ1) is 11.3. The lowest BCUT2D eigenvalue weighted by molar-refractivity contribution is -0.135. The first-order valence-electron chi connectivity index (χ1n) is 7.70. The Kier molecular flexibility index (Phi) is 5.43. The van der Waals surface area contributed by atoms with Crippen LogP contribution in [0.4, 0.5) is 4.79 Å². The number of carbonyl (C=O) groups is 2. The van der Waals surface area contributed by atoms with E-state index in [0.717, 1.165) is 12.8 Å². The van der Waals surface area contributed by atoms with Gasteiger partial charge in [0.2, 0.25) is 0 Å². The molecule has 7 nitrogen and oxygen atoms in total. The number of ether oxygens (including phenoxy) is 3. The molecule has 7 heteroatoms. The molecule has 1 amide bonds. The standard InChI is InChI=1S/C17H22N2O5/c1-17(2,3)24-16(21)19-18-10-11-5-8-13(14(9-11)22-4)23-15(20)12-6-7-12/h5,8-10,12H,6-7H2,1-4H3,(H,19,21)/b18-10-. The molecule has 1 aromatic carbocycles. The van der Waals surface area contributed by atoms with Crippen LogP contribution in [-0.2, 0) is 9.53 Å². The van der Waals surface area contributed by atoms with Crippen molar-refractivity contribution in [2.75, 3.05) is 7.11 Å². The third-order valence-corrected chi connectivity index (χ3v) is 3.08. The average Bonchev–Trinajstić information content (AvgIpc) is 3.31. The quantitative estimate of drug-likeness (QED) is 0.387. The highest BCUT2D eigenvalue weighted by Crippen LogP contribution is 2.34. The largest absolute Gasteiger partial charge is 0.493 e. The first-order valence-corrected chi connectivity index (χ1v) is 7.70. The van der Waals surface area contributed by atoms with E-state index in [4.69, 9.17) is 14.2 Å². The van der Waals surface area contributed by atoms with Gasteiger partial charge in [-0.3, -0.25) is 4.79 Å². The minimum Gasteiger partial charge on any atom is -0.493 e. The average molecular weight is 334 g/mol. The van der Waals surface area contributed by atoms with Crippen molar-refractivity contribution in [2.24, 2.45) is 11.0 Å². The number of amides is 1. The third kappa shape index (κ3) is 5.57. The Bertz CT molecular complexity index is 645. The predicted molar refractivity (Wildman–Crippen MR) is 88.3 cm³/mol. The summed E-state index contributed by atoms with van der Waals surface area (Å²) in [5.41, 5.74) is 2.37. The molecule has 0 aromatic heterocycles. The van der Waals surface area contributed by atoms with E-state index in [1.807, 2.05) is 0 Å². The fourth-order valence-corrected chi connectivity index (χ4v) is 1.82. The Morgan fingerprint density at radius 3 is 2.54 bits per heavy atom. The molecule has 24 heavy (non-hydrogen) atoms. The zero-order chi connectivity index (χ0) is 17.7. The van der Waals surface area contributed by atoms with Gasteiger partial charge in [0.1, 0.15) is 5.60 Å². The number of hydrogen-bond acceptors (Lipinski definition) is 6. The van der Waals surface area contributed by atoms with Gasteiger partial charge in [0, 0.05) is 0 Å². The summed E-state index contributed by atoms with van der Waals surface area (Å²) in [4.78, 5) is 23.2. The summed E-state index contributed by atoms with van der Waals surface area (Å²) in [6.07, 6.45) is 2.56. The molecule has 0 saturated heterocycles. The molecule has 0 unspecified atom stereocenters. The van der Waals surface area contributed by atoms with Gasteiger partial charge in [-0.25, -0.2) is 10.2 Å². The smallest absolute Gasteiger partial charge is 0.428 e. The zero-order valence-electron chi connectivity index (χ0n) is 14.3. The Morgan fingerprint density at radius 2 is 1.96 bits per heavy atom. The Balaban J connectivity index is 1.97. The number of esters is 1. The minimum atomic E-state index is -0.638. The SMILES string of the molecule is COc1cc(/C=N\NC(=O)OC(C)(C)C)ccc1OC(=O)C1CC1. The van der Waals surface area contributed by atoms with E-state index >= 15 is 0 Å². The van der Waals surface area contributed by atoms with Crippen LogP contribution in [0.3, 0.4) is 0 Å². The van der Waals surface area contributed by atoms with Crippen LogP contribution in [0.1, 0.15) is 39.2 Å². The van der Waals surface area contributed by atoms with Crippen LogP contribution in [0.15, 0.2) is 23.3 Å². The number of hydrogen-bond donors (Lipinski definition) is 1. The second kappa shape index (κ2) is 7.33. The van der Waals surface area contributed by atoms with Crippen molar-refractivity contribution in [2.45, 2.75) is 39.2 Å². The van der Waals surface area contributed by atoms with Gasteiger partial charge in [-0.15, -0.1) is 0 Å². The van der Waals surface area contributed by atoms with Crippen LogP contribution in [-0.4, -0.2) is 31.0 Å². The second-order valence-corrected chi connectivity index (χ2v) is 6.48. The molecule has 0 heterocycles. The van der Waals surface area contributed by atoms with Crippen molar-refractivity contribution in [3.63, 3.8) is 0 Å². The van der Waals surface area contributed by atoms with E-state index in [1.165, 1.54) is 13.3 Å². The van der Waals surface area contributed by atoms with E-state index in [9.17, 15) is 9.59 Å². The predicted octanol–water partition coefficient (Wildman–Crippen LogP) is 2.87. The van der Waals surface area contributed by atoms with E-state index in [-0.39, 0.29) is 11.9 Å². The topological polar surface area (TPSA) is 86.2 Å². The summed E-state index contributed by atoms with van der Waals surface area (Å²) in [6, 6.07) is 5.00. The summed E-state index contributed by atoms with van der Waals surface area (Å²) in [5, 5.41) is 3.82. The number of carbonyl (C=O) groups excluding carboxylic acids is 2. The van der Waals surface area contributed by atoms with Gasteiger partial charge < -0.3 is 14.2 Å².